The Hall–Kier alpha value is -0.540. The van der Waals surface area contributed by atoms with Crippen molar-refractivity contribution in [1.82, 2.24) is 15.1 Å². The van der Waals surface area contributed by atoms with Gasteiger partial charge in [0.1, 0.15) is 0 Å². The minimum atomic E-state index is 0.710. The molecule has 4 heteroatoms. The Morgan fingerprint density at radius 3 is 2.65 bits per heavy atom. The first-order chi connectivity index (χ1) is 8.06. The van der Waals surface area contributed by atoms with Crippen LogP contribution in [0, 0.1) is 5.92 Å². The Morgan fingerprint density at radius 1 is 1.41 bits per heavy atom. The van der Waals surface area contributed by atoms with Crippen LogP contribution < -0.4 is 5.32 Å². The second kappa shape index (κ2) is 7.02. The summed E-state index contributed by atoms with van der Waals surface area (Å²) in [5.74, 6) is 0.710. The summed E-state index contributed by atoms with van der Waals surface area (Å²) in [6.07, 6.45) is 3.00. The van der Waals surface area contributed by atoms with Crippen molar-refractivity contribution < 1.29 is 0 Å². The van der Waals surface area contributed by atoms with Gasteiger partial charge in [0.25, 0.3) is 0 Å². The zero-order chi connectivity index (χ0) is 12.8. The molecule has 0 atom stereocenters. The Bertz CT molecular complexity index is 345. The predicted octanol–water partition coefficient (Wildman–Crippen LogP) is 2.81. The molecule has 0 unspecified atom stereocenters. The van der Waals surface area contributed by atoms with E-state index in [4.69, 9.17) is 11.6 Å². The lowest BCUT2D eigenvalue weighted by Gasteiger charge is -2.07. The van der Waals surface area contributed by atoms with E-state index in [1.54, 1.807) is 0 Å². The molecule has 0 amide bonds. The maximum atomic E-state index is 6.29. The summed E-state index contributed by atoms with van der Waals surface area (Å²) in [4.78, 5) is 0. The summed E-state index contributed by atoms with van der Waals surface area (Å²) in [7, 11) is 1.97. The van der Waals surface area contributed by atoms with Crippen molar-refractivity contribution in [2.24, 2.45) is 13.0 Å². The van der Waals surface area contributed by atoms with Crippen LogP contribution >= 0.6 is 11.6 Å². The summed E-state index contributed by atoms with van der Waals surface area (Å²) in [5.41, 5.74) is 2.18. The average Bonchev–Trinajstić information content (AvgIpc) is 2.54. The molecule has 1 N–H and O–H groups in total. The SMILES string of the molecule is CCc1nn(C)c(CCCNCC(C)C)c1Cl. The van der Waals surface area contributed by atoms with Crippen LogP contribution in [0.2, 0.25) is 5.02 Å². The number of halogens is 1. The van der Waals surface area contributed by atoms with Gasteiger partial charge in [-0.2, -0.15) is 5.10 Å². The van der Waals surface area contributed by atoms with E-state index in [9.17, 15) is 0 Å². The molecule has 0 aliphatic rings. The van der Waals surface area contributed by atoms with E-state index >= 15 is 0 Å². The summed E-state index contributed by atoms with van der Waals surface area (Å²) >= 11 is 6.29. The van der Waals surface area contributed by atoms with Gasteiger partial charge in [0, 0.05) is 7.05 Å². The van der Waals surface area contributed by atoms with Crippen LogP contribution in [0.4, 0.5) is 0 Å². The number of nitrogens with one attached hydrogen (secondary N) is 1. The summed E-state index contributed by atoms with van der Waals surface area (Å²) in [6, 6.07) is 0. The summed E-state index contributed by atoms with van der Waals surface area (Å²) < 4.78 is 1.92. The largest absolute Gasteiger partial charge is 0.316 e. The lowest BCUT2D eigenvalue weighted by atomic mass is 10.2. The van der Waals surface area contributed by atoms with Gasteiger partial charge < -0.3 is 5.32 Å². The Balaban J connectivity index is 2.39. The number of rotatable bonds is 7. The van der Waals surface area contributed by atoms with Crippen LogP contribution in [0.25, 0.3) is 0 Å². The van der Waals surface area contributed by atoms with Crippen LogP contribution in [0.15, 0.2) is 0 Å². The van der Waals surface area contributed by atoms with Crippen molar-refractivity contribution in [2.45, 2.75) is 40.0 Å². The molecule has 1 aromatic rings. The molecule has 0 radical (unpaired) electrons. The highest BCUT2D eigenvalue weighted by atomic mass is 35.5. The maximum Gasteiger partial charge on any atom is 0.0849 e. The lowest BCUT2D eigenvalue weighted by Crippen LogP contribution is -2.21. The van der Waals surface area contributed by atoms with Crippen molar-refractivity contribution in [3.63, 3.8) is 0 Å². The minimum Gasteiger partial charge on any atom is -0.316 e. The molecule has 0 saturated carbocycles. The molecule has 0 bridgehead atoms. The van der Waals surface area contributed by atoms with E-state index in [0.717, 1.165) is 48.8 Å². The summed E-state index contributed by atoms with van der Waals surface area (Å²) in [6.45, 7) is 8.65. The fraction of sp³-hybridized carbons (Fsp3) is 0.769. The standard InChI is InChI=1S/C13H24ClN3/c1-5-11-13(14)12(17(4)16-11)7-6-8-15-9-10(2)3/h10,15H,5-9H2,1-4H3. The molecule has 3 nitrogen and oxygen atoms in total. The topological polar surface area (TPSA) is 29.9 Å². The maximum absolute atomic E-state index is 6.29. The lowest BCUT2D eigenvalue weighted by molar-refractivity contribution is 0.538. The van der Waals surface area contributed by atoms with Gasteiger partial charge in [-0.1, -0.05) is 32.4 Å². The highest BCUT2D eigenvalue weighted by Gasteiger charge is 2.11. The molecule has 17 heavy (non-hydrogen) atoms. The zero-order valence-electron chi connectivity index (χ0n) is 11.4. The average molecular weight is 258 g/mol. The number of aromatic nitrogens is 2. The Labute approximate surface area is 110 Å². The van der Waals surface area contributed by atoms with Gasteiger partial charge in [-0.3, -0.25) is 4.68 Å². The second-order valence-electron chi connectivity index (χ2n) is 4.89. The van der Waals surface area contributed by atoms with Crippen LogP contribution in [0.5, 0.6) is 0 Å². The van der Waals surface area contributed by atoms with Crippen LogP contribution in [-0.2, 0) is 19.9 Å². The first kappa shape index (κ1) is 14.5. The highest BCUT2D eigenvalue weighted by Crippen LogP contribution is 2.21. The Kier molecular flexibility index (Phi) is 6.00. The molecular weight excluding hydrogens is 234 g/mol. The van der Waals surface area contributed by atoms with E-state index in [2.05, 4.69) is 31.2 Å². The van der Waals surface area contributed by atoms with Gasteiger partial charge in [-0.15, -0.1) is 0 Å². The molecule has 1 rings (SSSR count). The van der Waals surface area contributed by atoms with Crippen molar-refractivity contribution >= 4 is 11.6 Å². The predicted molar refractivity (Wildman–Crippen MR) is 73.6 cm³/mol. The first-order valence-electron chi connectivity index (χ1n) is 6.47. The molecule has 0 spiro atoms. The molecule has 0 aromatic carbocycles. The minimum absolute atomic E-state index is 0.710. The first-order valence-corrected chi connectivity index (χ1v) is 6.85. The van der Waals surface area contributed by atoms with Crippen molar-refractivity contribution in [3.8, 4) is 0 Å². The van der Waals surface area contributed by atoms with Crippen LogP contribution in [-0.4, -0.2) is 22.9 Å². The summed E-state index contributed by atoms with van der Waals surface area (Å²) in [5, 5.41) is 8.72. The second-order valence-corrected chi connectivity index (χ2v) is 5.26. The van der Waals surface area contributed by atoms with Gasteiger partial charge in [0.15, 0.2) is 0 Å². The number of nitrogens with zero attached hydrogens (tertiary/aromatic N) is 2. The third kappa shape index (κ3) is 4.32. The van der Waals surface area contributed by atoms with E-state index in [1.807, 2.05) is 11.7 Å². The van der Waals surface area contributed by atoms with E-state index in [1.165, 1.54) is 0 Å². The van der Waals surface area contributed by atoms with Gasteiger partial charge in [0.05, 0.1) is 16.4 Å². The third-order valence-electron chi connectivity index (χ3n) is 2.82. The molecule has 98 valence electrons. The highest BCUT2D eigenvalue weighted by molar-refractivity contribution is 6.31. The number of aryl methyl sites for hydroxylation is 2. The number of hydrogen-bond acceptors (Lipinski definition) is 2. The quantitative estimate of drug-likeness (QED) is 0.762. The molecule has 1 aromatic heterocycles. The molecular formula is C13H24ClN3. The Morgan fingerprint density at radius 2 is 2.12 bits per heavy atom. The van der Waals surface area contributed by atoms with E-state index in [0.29, 0.717) is 5.92 Å². The van der Waals surface area contributed by atoms with Crippen LogP contribution in [0.3, 0.4) is 0 Å². The van der Waals surface area contributed by atoms with Crippen molar-refractivity contribution in [2.75, 3.05) is 13.1 Å². The van der Waals surface area contributed by atoms with Crippen molar-refractivity contribution in [3.05, 3.63) is 16.4 Å². The molecule has 0 saturated heterocycles. The van der Waals surface area contributed by atoms with Gasteiger partial charge in [-0.25, -0.2) is 0 Å². The normalized spacial score (nSPS) is 11.4. The van der Waals surface area contributed by atoms with Gasteiger partial charge >= 0.3 is 0 Å². The third-order valence-corrected chi connectivity index (χ3v) is 3.26. The molecule has 0 aliphatic carbocycles. The van der Waals surface area contributed by atoms with E-state index in [-0.39, 0.29) is 0 Å². The fourth-order valence-electron chi connectivity index (χ4n) is 1.86. The van der Waals surface area contributed by atoms with Gasteiger partial charge in [-0.05, 0) is 38.3 Å². The molecule has 0 fully saturated rings. The molecule has 1 heterocycles. The smallest absolute Gasteiger partial charge is 0.0849 e. The van der Waals surface area contributed by atoms with Crippen LogP contribution in [0.1, 0.15) is 38.6 Å². The zero-order valence-corrected chi connectivity index (χ0v) is 12.1. The monoisotopic (exact) mass is 257 g/mol. The molecule has 0 aliphatic heterocycles. The van der Waals surface area contributed by atoms with Gasteiger partial charge in [0.2, 0.25) is 0 Å². The number of hydrogen-bond donors (Lipinski definition) is 1. The van der Waals surface area contributed by atoms with E-state index < -0.39 is 0 Å². The van der Waals surface area contributed by atoms with Crippen molar-refractivity contribution in [1.29, 1.82) is 0 Å². The fourth-order valence-corrected chi connectivity index (χ4v) is 2.25.